The van der Waals surface area contributed by atoms with Crippen molar-refractivity contribution in [2.24, 2.45) is 17.6 Å². The van der Waals surface area contributed by atoms with Gasteiger partial charge in [0, 0.05) is 22.1 Å². The molecule has 3 aliphatic carbocycles. The summed E-state index contributed by atoms with van der Waals surface area (Å²) in [5.74, 6) is -6.84. The largest absolute Gasteiger partial charge is 0.508 e. The van der Waals surface area contributed by atoms with E-state index in [0.717, 1.165) is 0 Å². The maximum Gasteiger partial charge on any atom is 0.255 e. The number of phenols is 1. The van der Waals surface area contributed by atoms with E-state index in [9.17, 15) is 34.8 Å². The van der Waals surface area contributed by atoms with E-state index in [-0.39, 0.29) is 29.7 Å². The van der Waals surface area contributed by atoms with Gasteiger partial charge in [-0.15, -0.1) is 0 Å². The number of carbonyl (C=O) groups excluding carboxylic acids is 3. The topological polar surface area (TPSA) is 161 Å². The zero-order valence-electron chi connectivity index (χ0n) is 20.0. The van der Waals surface area contributed by atoms with Crippen LogP contribution in [0.25, 0.3) is 16.9 Å². The number of aliphatic hydroxyl groups excluding tert-OH is 2. The molecule has 6 N–H and O–H groups in total. The first-order chi connectivity index (χ1) is 17.4. The molecule has 1 amide bonds. The molecule has 4 unspecified atom stereocenters. The van der Waals surface area contributed by atoms with Gasteiger partial charge in [-0.1, -0.05) is 35.9 Å². The molecule has 2 aromatic rings. The molecule has 1 fully saturated rings. The number of hydrogen-bond donors (Lipinski definition) is 5. The van der Waals surface area contributed by atoms with Crippen molar-refractivity contribution in [3.63, 3.8) is 0 Å². The summed E-state index contributed by atoms with van der Waals surface area (Å²) in [5, 5.41) is 45.0. The summed E-state index contributed by atoms with van der Waals surface area (Å²) in [5.41, 5.74) is 3.53. The van der Waals surface area contributed by atoms with Crippen molar-refractivity contribution in [2.75, 3.05) is 14.1 Å². The molecule has 0 radical (unpaired) electrons. The van der Waals surface area contributed by atoms with Gasteiger partial charge in [-0.3, -0.25) is 19.3 Å². The number of rotatable bonds is 3. The molecule has 192 valence electrons. The molecular weight excluding hydrogens is 500 g/mol. The Hall–Kier alpha value is -3.66. The van der Waals surface area contributed by atoms with Crippen LogP contribution in [0.5, 0.6) is 5.75 Å². The molecule has 0 aliphatic heterocycles. The van der Waals surface area contributed by atoms with E-state index in [0.29, 0.717) is 21.7 Å². The molecule has 2 aromatic carbocycles. The number of aliphatic hydroxyl groups is 3. The molecular formula is C27H25ClN2O7. The van der Waals surface area contributed by atoms with Crippen LogP contribution in [0, 0.1) is 11.8 Å². The second-order valence-corrected chi connectivity index (χ2v) is 10.3. The van der Waals surface area contributed by atoms with Gasteiger partial charge in [-0.25, -0.2) is 0 Å². The average Bonchev–Trinajstić information content (AvgIpc) is 2.82. The highest BCUT2D eigenvalue weighted by Crippen LogP contribution is 2.53. The van der Waals surface area contributed by atoms with E-state index in [1.165, 1.54) is 11.0 Å². The summed E-state index contributed by atoms with van der Waals surface area (Å²) >= 11 is 6.43. The van der Waals surface area contributed by atoms with Crippen LogP contribution in [0.1, 0.15) is 17.5 Å². The molecule has 37 heavy (non-hydrogen) atoms. The van der Waals surface area contributed by atoms with Crippen LogP contribution in [0.15, 0.2) is 53.3 Å². The minimum atomic E-state index is -2.67. The summed E-state index contributed by atoms with van der Waals surface area (Å²) in [7, 11) is 3.11. The number of fused-ring (bicyclic) bond motifs is 3. The number of phenolic OH excluding ortho intramolecular Hbond substituents is 1. The quantitative estimate of drug-likeness (QED) is 0.382. The lowest BCUT2D eigenvalue weighted by Crippen LogP contribution is -2.65. The highest BCUT2D eigenvalue weighted by Gasteiger charge is 2.64. The Labute approximate surface area is 217 Å². The maximum absolute atomic E-state index is 13.9. The lowest BCUT2D eigenvalue weighted by Gasteiger charge is -2.50. The maximum atomic E-state index is 13.9. The molecule has 4 atom stereocenters. The zero-order chi connectivity index (χ0) is 27.0. The molecule has 0 heterocycles. The first kappa shape index (κ1) is 25.0. The standard InChI is InChI=1S/C27H25ClN2O7/c1-30(2)21-15-10-11-9-14-12(13-5-3-4-6-16(13)28)7-8-17(31)19(14)22(32)18(11)24(34)27(15,37)25(35)20(23(21)33)26(29)36/h3-8,11,15,21,31-32,35,37H,9-10H2,1-2H3,(H2,29,36). The van der Waals surface area contributed by atoms with Crippen LogP contribution in [0.3, 0.4) is 0 Å². The van der Waals surface area contributed by atoms with Gasteiger partial charge in [-0.2, -0.15) is 0 Å². The Kier molecular flexibility index (Phi) is 5.71. The van der Waals surface area contributed by atoms with Gasteiger partial charge in [0.05, 0.1) is 11.6 Å². The second-order valence-electron chi connectivity index (χ2n) is 9.93. The number of Topliss-reactive ketones (excluding diaryl/α,β-unsaturated/α-hetero) is 2. The van der Waals surface area contributed by atoms with E-state index >= 15 is 0 Å². The number of likely N-dealkylation sites (N-methyl/N-ethyl adjacent to an activating group) is 1. The predicted octanol–water partition coefficient (Wildman–Crippen LogP) is 2.28. The van der Waals surface area contributed by atoms with Gasteiger partial charge in [0.15, 0.2) is 11.4 Å². The number of amides is 1. The van der Waals surface area contributed by atoms with Crippen molar-refractivity contribution in [3.8, 4) is 16.9 Å². The van der Waals surface area contributed by atoms with Crippen LogP contribution in [0.4, 0.5) is 0 Å². The first-order valence-corrected chi connectivity index (χ1v) is 12.0. The third-order valence-electron chi connectivity index (χ3n) is 7.77. The Morgan fingerprint density at radius 2 is 1.76 bits per heavy atom. The minimum Gasteiger partial charge on any atom is -0.508 e. The minimum absolute atomic E-state index is 0.0172. The summed E-state index contributed by atoms with van der Waals surface area (Å²) < 4.78 is 0. The Morgan fingerprint density at radius 3 is 2.38 bits per heavy atom. The van der Waals surface area contributed by atoms with Crippen molar-refractivity contribution >= 4 is 34.8 Å². The van der Waals surface area contributed by atoms with Crippen molar-refractivity contribution in [1.29, 1.82) is 0 Å². The van der Waals surface area contributed by atoms with Crippen LogP contribution < -0.4 is 5.73 Å². The molecule has 1 saturated carbocycles. The van der Waals surface area contributed by atoms with Crippen molar-refractivity contribution in [2.45, 2.75) is 24.5 Å². The first-order valence-electron chi connectivity index (χ1n) is 11.7. The zero-order valence-corrected chi connectivity index (χ0v) is 20.8. The second kappa shape index (κ2) is 8.44. The fourth-order valence-electron chi connectivity index (χ4n) is 6.18. The number of nitrogens with two attached hydrogens (primary N) is 1. The molecule has 0 bridgehead atoms. The molecule has 0 saturated heterocycles. The monoisotopic (exact) mass is 524 g/mol. The van der Waals surface area contributed by atoms with Gasteiger partial charge >= 0.3 is 0 Å². The van der Waals surface area contributed by atoms with Gasteiger partial charge in [-0.05, 0) is 56.1 Å². The fourth-order valence-corrected chi connectivity index (χ4v) is 6.41. The number of ketones is 2. The highest BCUT2D eigenvalue weighted by molar-refractivity contribution is 6.33. The van der Waals surface area contributed by atoms with Crippen molar-refractivity contribution in [1.82, 2.24) is 4.90 Å². The predicted molar refractivity (Wildman–Crippen MR) is 135 cm³/mol. The smallest absolute Gasteiger partial charge is 0.255 e. The van der Waals surface area contributed by atoms with E-state index in [1.54, 1.807) is 44.4 Å². The number of halogens is 1. The molecule has 5 rings (SSSR count). The highest BCUT2D eigenvalue weighted by atomic mass is 35.5. The van der Waals surface area contributed by atoms with Crippen LogP contribution >= 0.6 is 11.6 Å². The van der Waals surface area contributed by atoms with Gasteiger partial charge in [0.2, 0.25) is 5.78 Å². The normalized spacial score (nSPS) is 27.2. The van der Waals surface area contributed by atoms with Gasteiger partial charge in [0.25, 0.3) is 5.91 Å². The number of benzene rings is 2. The summed E-state index contributed by atoms with van der Waals surface area (Å²) in [4.78, 5) is 40.6. The molecule has 0 aromatic heterocycles. The fraction of sp³-hybridized carbons (Fsp3) is 0.296. The van der Waals surface area contributed by atoms with Crippen LogP contribution in [-0.4, -0.2) is 68.5 Å². The molecule has 0 spiro atoms. The SMILES string of the molecule is CN(C)C1C(=O)C(C(N)=O)=C(O)C2(O)C(=O)C3=C(O)c4c(O)ccc(-c5ccccc5Cl)c4CC3CC12. The Balaban J connectivity index is 1.76. The Morgan fingerprint density at radius 1 is 1.08 bits per heavy atom. The van der Waals surface area contributed by atoms with Crippen molar-refractivity contribution < 1.29 is 34.8 Å². The number of nitrogens with zero attached hydrogens (tertiary/aromatic N) is 1. The number of primary amides is 1. The lowest BCUT2D eigenvalue weighted by molar-refractivity contribution is -0.153. The third-order valence-corrected chi connectivity index (χ3v) is 8.10. The van der Waals surface area contributed by atoms with Gasteiger partial charge < -0.3 is 26.2 Å². The number of aromatic hydroxyl groups is 1. The average molecular weight is 525 g/mol. The van der Waals surface area contributed by atoms with E-state index < -0.39 is 58.0 Å². The van der Waals surface area contributed by atoms with E-state index in [2.05, 4.69) is 0 Å². The van der Waals surface area contributed by atoms with E-state index in [4.69, 9.17) is 17.3 Å². The number of carbonyl (C=O) groups is 3. The third kappa shape index (κ3) is 3.34. The van der Waals surface area contributed by atoms with E-state index in [1.807, 2.05) is 0 Å². The summed E-state index contributed by atoms with van der Waals surface area (Å²) in [6, 6.07) is 9.01. The number of hydrogen-bond acceptors (Lipinski definition) is 8. The molecule has 10 heteroatoms. The van der Waals surface area contributed by atoms with Crippen LogP contribution in [-0.2, 0) is 20.8 Å². The van der Waals surface area contributed by atoms with Crippen LogP contribution in [0.2, 0.25) is 5.02 Å². The summed E-state index contributed by atoms with van der Waals surface area (Å²) in [6.07, 6.45) is 0.201. The Bertz CT molecular complexity index is 1460. The van der Waals surface area contributed by atoms with Crippen molar-refractivity contribution in [3.05, 3.63) is 69.5 Å². The summed E-state index contributed by atoms with van der Waals surface area (Å²) in [6.45, 7) is 0. The lowest BCUT2D eigenvalue weighted by atomic mass is 9.57. The van der Waals surface area contributed by atoms with Gasteiger partial charge in [0.1, 0.15) is 22.8 Å². The molecule has 9 nitrogen and oxygen atoms in total. The molecule has 3 aliphatic rings.